The van der Waals surface area contributed by atoms with E-state index in [0.29, 0.717) is 6.42 Å². The van der Waals surface area contributed by atoms with Gasteiger partial charge >= 0.3 is 6.18 Å². The van der Waals surface area contributed by atoms with Gasteiger partial charge in [0.1, 0.15) is 6.04 Å². The molecule has 0 heterocycles. The highest BCUT2D eigenvalue weighted by molar-refractivity contribution is 4.86. The SMILES string of the molecule is CCC(N)C(N(C)CCC(C)O)C(F)(F)F. The van der Waals surface area contributed by atoms with Crippen LogP contribution in [0.2, 0.25) is 0 Å². The second-order valence-corrected chi connectivity index (χ2v) is 4.18. The number of nitrogens with zero attached hydrogens (tertiary/aromatic N) is 1. The van der Waals surface area contributed by atoms with Gasteiger partial charge in [0.15, 0.2) is 0 Å². The van der Waals surface area contributed by atoms with Crippen LogP contribution in [0.15, 0.2) is 0 Å². The average molecular weight is 242 g/mol. The lowest BCUT2D eigenvalue weighted by atomic mass is 10.0. The molecule has 6 heteroatoms. The van der Waals surface area contributed by atoms with Crippen molar-refractivity contribution in [3.05, 3.63) is 0 Å². The molecule has 0 radical (unpaired) electrons. The van der Waals surface area contributed by atoms with Crippen LogP contribution in [-0.2, 0) is 0 Å². The lowest BCUT2D eigenvalue weighted by Gasteiger charge is -2.34. The van der Waals surface area contributed by atoms with Gasteiger partial charge < -0.3 is 10.8 Å². The summed E-state index contributed by atoms with van der Waals surface area (Å²) in [7, 11) is 1.38. The van der Waals surface area contributed by atoms with Crippen molar-refractivity contribution in [1.29, 1.82) is 0 Å². The van der Waals surface area contributed by atoms with Crippen LogP contribution in [0.1, 0.15) is 26.7 Å². The largest absolute Gasteiger partial charge is 0.405 e. The topological polar surface area (TPSA) is 49.5 Å². The van der Waals surface area contributed by atoms with Gasteiger partial charge in [-0.25, -0.2) is 0 Å². The maximum atomic E-state index is 12.7. The number of aliphatic hydroxyl groups excluding tert-OH is 1. The Kier molecular flexibility index (Phi) is 6.28. The summed E-state index contributed by atoms with van der Waals surface area (Å²) in [6, 6.07) is -2.57. The van der Waals surface area contributed by atoms with Crippen LogP contribution < -0.4 is 5.73 Å². The number of rotatable bonds is 6. The smallest absolute Gasteiger partial charge is 0.393 e. The van der Waals surface area contributed by atoms with Crippen LogP contribution in [0.4, 0.5) is 13.2 Å². The maximum Gasteiger partial charge on any atom is 0.405 e. The Labute approximate surface area is 94.4 Å². The minimum atomic E-state index is -4.33. The molecule has 0 aromatic rings. The van der Waals surface area contributed by atoms with Crippen LogP contribution in [0, 0.1) is 0 Å². The first-order valence-electron chi connectivity index (χ1n) is 5.40. The molecule has 0 aromatic carbocycles. The van der Waals surface area contributed by atoms with Crippen molar-refractivity contribution < 1.29 is 18.3 Å². The molecule has 0 bridgehead atoms. The summed E-state index contributed by atoms with van der Waals surface area (Å²) >= 11 is 0. The first-order valence-corrected chi connectivity index (χ1v) is 5.40. The summed E-state index contributed by atoms with van der Waals surface area (Å²) in [5, 5.41) is 9.04. The molecular formula is C10H21F3N2O. The Bertz CT molecular complexity index is 197. The van der Waals surface area contributed by atoms with Gasteiger partial charge in [0.2, 0.25) is 0 Å². The summed E-state index contributed by atoms with van der Waals surface area (Å²) in [5.74, 6) is 0. The highest BCUT2D eigenvalue weighted by Crippen LogP contribution is 2.27. The summed E-state index contributed by atoms with van der Waals surface area (Å²) in [4.78, 5) is 1.17. The van der Waals surface area contributed by atoms with Crippen LogP contribution in [-0.4, -0.2) is 48.0 Å². The average Bonchev–Trinajstić information content (AvgIpc) is 2.12. The zero-order valence-electron chi connectivity index (χ0n) is 9.96. The Morgan fingerprint density at radius 1 is 1.38 bits per heavy atom. The van der Waals surface area contributed by atoms with Gasteiger partial charge in [-0.1, -0.05) is 6.92 Å². The molecule has 0 fully saturated rings. The van der Waals surface area contributed by atoms with Crippen molar-refractivity contribution in [2.24, 2.45) is 5.73 Å². The monoisotopic (exact) mass is 242 g/mol. The van der Waals surface area contributed by atoms with Crippen LogP contribution in [0.5, 0.6) is 0 Å². The maximum absolute atomic E-state index is 12.7. The van der Waals surface area contributed by atoms with E-state index in [1.807, 2.05) is 0 Å². The normalized spacial score (nSPS) is 18.6. The van der Waals surface area contributed by atoms with E-state index in [-0.39, 0.29) is 13.0 Å². The number of alkyl halides is 3. The third kappa shape index (κ3) is 5.14. The second kappa shape index (κ2) is 6.42. The minimum absolute atomic E-state index is 0.176. The van der Waals surface area contributed by atoms with Crippen LogP contribution >= 0.6 is 0 Å². The van der Waals surface area contributed by atoms with E-state index in [2.05, 4.69) is 0 Å². The molecule has 0 aliphatic carbocycles. The molecule has 0 saturated heterocycles. The number of hydrogen-bond acceptors (Lipinski definition) is 3. The van der Waals surface area contributed by atoms with Gasteiger partial charge in [0.25, 0.3) is 0 Å². The zero-order valence-corrected chi connectivity index (χ0v) is 9.96. The number of hydrogen-bond donors (Lipinski definition) is 2. The van der Waals surface area contributed by atoms with Crippen molar-refractivity contribution in [3.8, 4) is 0 Å². The fourth-order valence-electron chi connectivity index (χ4n) is 1.57. The molecule has 0 aromatic heterocycles. The minimum Gasteiger partial charge on any atom is -0.393 e. The Hall–Kier alpha value is -0.330. The van der Waals surface area contributed by atoms with E-state index in [0.717, 1.165) is 0 Å². The summed E-state index contributed by atoms with van der Waals surface area (Å²) < 4.78 is 38.2. The molecule has 3 atom stereocenters. The number of likely N-dealkylation sites (N-methyl/N-ethyl adjacent to an activating group) is 1. The Morgan fingerprint density at radius 3 is 2.19 bits per heavy atom. The van der Waals surface area contributed by atoms with Crippen molar-refractivity contribution in [1.82, 2.24) is 4.90 Å². The van der Waals surface area contributed by atoms with E-state index in [4.69, 9.17) is 10.8 Å². The molecule has 0 aliphatic heterocycles. The highest BCUT2D eigenvalue weighted by Gasteiger charge is 2.45. The molecule has 0 saturated carbocycles. The third-order valence-electron chi connectivity index (χ3n) is 2.59. The predicted molar refractivity (Wildman–Crippen MR) is 57.0 cm³/mol. The molecule has 16 heavy (non-hydrogen) atoms. The summed E-state index contributed by atoms with van der Waals surface area (Å²) in [6.07, 6.45) is -4.36. The number of aliphatic hydroxyl groups is 1. The molecule has 3 unspecified atom stereocenters. The quantitative estimate of drug-likeness (QED) is 0.739. The van der Waals surface area contributed by atoms with Gasteiger partial charge in [-0.2, -0.15) is 13.2 Å². The predicted octanol–water partition coefficient (Wildman–Crippen LogP) is 1.36. The van der Waals surface area contributed by atoms with Gasteiger partial charge in [-0.15, -0.1) is 0 Å². The van der Waals surface area contributed by atoms with Gasteiger partial charge in [0.05, 0.1) is 6.10 Å². The van der Waals surface area contributed by atoms with Gasteiger partial charge in [-0.05, 0) is 26.8 Å². The van der Waals surface area contributed by atoms with Crippen molar-refractivity contribution in [2.75, 3.05) is 13.6 Å². The van der Waals surface area contributed by atoms with E-state index in [9.17, 15) is 13.2 Å². The first-order chi connectivity index (χ1) is 7.20. The molecule has 0 amide bonds. The molecule has 98 valence electrons. The molecular weight excluding hydrogens is 221 g/mol. The van der Waals surface area contributed by atoms with Crippen LogP contribution in [0.3, 0.4) is 0 Å². The molecule has 0 rings (SSSR count). The van der Waals surface area contributed by atoms with Crippen molar-refractivity contribution >= 4 is 0 Å². The summed E-state index contributed by atoms with van der Waals surface area (Å²) in [5.41, 5.74) is 5.49. The summed E-state index contributed by atoms with van der Waals surface area (Å²) in [6.45, 7) is 3.36. The lowest BCUT2D eigenvalue weighted by molar-refractivity contribution is -0.186. The number of nitrogens with two attached hydrogens (primary N) is 1. The van der Waals surface area contributed by atoms with Crippen LogP contribution in [0.25, 0.3) is 0 Å². The van der Waals surface area contributed by atoms with E-state index < -0.39 is 24.4 Å². The standard InChI is InChI=1S/C10H21F3N2O/c1-4-8(14)9(10(11,12)13)15(3)6-5-7(2)16/h7-9,16H,4-6,14H2,1-3H3. The Balaban J connectivity index is 4.51. The van der Waals surface area contributed by atoms with E-state index in [1.54, 1.807) is 13.8 Å². The molecule has 0 spiro atoms. The van der Waals surface area contributed by atoms with E-state index >= 15 is 0 Å². The zero-order chi connectivity index (χ0) is 12.9. The fourth-order valence-corrected chi connectivity index (χ4v) is 1.57. The van der Waals surface area contributed by atoms with Gasteiger partial charge in [0, 0.05) is 12.6 Å². The van der Waals surface area contributed by atoms with Crippen molar-refractivity contribution in [2.45, 2.75) is 51.1 Å². The van der Waals surface area contributed by atoms with Crippen molar-refractivity contribution in [3.63, 3.8) is 0 Å². The second-order valence-electron chi connectivity index (χ2n) is 4.18. The first kappa shape index (κ1) is 15.7. The Morgan fingerprint density at radius 2 is 1.88 bits per heavy atom. The molecule has 0 aliphatic rings. The van der Waals surface area contributed by atoms with E-state index in [1.165, 1.54) is 11.9 Å². The molecule has 3 N–H and O–H groups in total. The molecule has 3 nitrogen and oxygen atoms in total. The number of halogens is 3. The fraction of sp³-hybridized carbons (Fsp3) is 1.00. The lowest BCUT2D eigenvalue weighted by Crippen LogP contribution is -2.55. The third-order valence-corrected chi connectivity index (χ3v) is 2.59. The van der Waals surface area contributed by atoms with Gasteiger partial charge in [-0.3, -0.25) is 4.90 Å². The highest BCUT2D eigenvalue weighted by atomic mass is 19.4.